The van der Waals surface area contributed by atoms with Crippen LogP contribution in [0.1, 0.15) is 18.4 Å². The zero-order valence-corrected chi connectivity index (χ0v) is 10.8. The number of amidine groups is 1. The van der Waals surface area contributed by atoms with Crippen LogP contribution in [-0.2, 0) is 11.2 Å². The molecule has 1 amide bonds. The normalized spacial score (nSPS) is 20.3. The molecule has 1 atom stereocenters. The summed E-state index contributed by atoms with van der Waals surface area (Å²) < 4.78 is 0. The van der Waals surface area contributed by atoms with Crippen molar-refractivity contribution in [3.63, 3.8) is 0 Å². The van der Waals surface area contributed by atoms with Crippen molar-refractivity contribution < 1.29 is 10.0 Å². The molecule has 0 aliphatic carbocycles. The number of likely N-dealkylation sites (tertiary alicyclic amines) is 1. The number of nitrogens with two attached hydrogens (primary N) is 1. The first kappa shape index (κ1) is 13.4. The van der Waals surface area contributed by atoms with Crippen LogP contribution in [-0.4, -0.2) is 34.9 Å². The lowest BCUT2D eigenvalue weighted by atomic mass is 9.96. The molecule has 1 aliphatic heterocycles. The molecule has 0 spiro atoms. The maximum Gasteiger partial charge on any atom is 0.227 e. The van der Waals surface area contributed by atoms with Crippen LogP contribution in [0.4, 0.5) is 0 Å². The third-order valence-electron chi connectivity index (χ3n) is 3.51. The Kier molecular flexibility index (Phi) is 4.39. The van der Waals surface area contributed by atoms with Crippen molar-refractivity contribution >= 4 is 11.7 Å². The zero-order chi connectivity index (χ0) is 13.7. The Morgan fingerprint density at radius 1 is 1.42 bits per heavy atom. The van der Waals surface area contributed by atoms with Crippen LogP contribution in [0.3, 0.4) is 0 Å². The smallest absolute Gasteiger partial charge is 0.227 e. The van der Waals surface area contributed by atoms with Gasteiger partial charge in [-0.05, 0) is 18.4 Å². The van der Waals surface area contributed by atoms with Crippen LogP contribution >= 0.6 is 0 Å². The third kappa shape index (κ3) is 3.47. The van der Waals surface area contributed by atoms with Crippen LogP contribution in [0.2, 0.25) is 0 Å². The summed E-state index contributed by atoms with van der Waals surface area (Å²) in [5.74, 6) is 0.289. The summed E-state index contributed by atoms with van der Waals surface area (Å²) in [6.07, 6.45) is 2.16. The monoisotopic (exact) mass is 261 g/mol. The van der Waals surface area contributed by atoms with Gasteiger partial charge in [-0.2, -0.15) is 0 Å². The van der Waals surface area contributed by atoms with Gasteiger partial charge >= 0.3 is 0 Å². The Hall–Kier alpha value is -2.04. The summed E-state index contributed by atoms with van der Waals surface area (Å²) in [6, 6.07) is 9.69. The fraction of sp³-hybridized carbons (Fsp3) is 0.429. The van der Waals surface area contributed by atoms with Crippen LogP contribution < -0.4 is 5.73 Å². The molecule has 5 heteroatoms. The Balaban J connectivity index is 1.96. The Morgan fingerprint density at radius 3 is 2.84 bits per heavy atom. The van der Waals surface area contributed by atoms with Gasteiger partial charge in [0.25, 0.3) is 0 Å². The van der Waals surface area contributed by atoms with Gasteiger partial charge in [-0.15, -0.1) is 0 Å². The molecular weight excluding hydrogens is 242 g/mol. The average molecular weight is 261 g/mol. The van der Waals surface area contributed by atoms with Crippen molar-refractivity contribution in [1.82, 2.24) is 4.90 Å². The second kappa shape index (κ2) is 6.22. The van der Waals surface area contributed by atoms with Gasteiger partial charge in [0, 0.05) is 19.0 Å². The Labute approximate surface area is 112 Å². The molecule has 1 aromatic rings. The molecule has 0 saturated carbocycles. The molecule has 1 fully saturated rings. The van der Waals surface area contributed by atoms with E-state index in [0.29, 0.717) is 13.0 Å². The van der Waals surface area contributed by atoms with Crippen molar-refractivity contribution in [2.75, 3.05) is 13.1 Å². The third-order valence-corrected chi connectivity index (χ3v) is 3.51. The number of piperidine rings is 1. The number of nitrogens with zero attached hydrogens (tertiary/aromatic N) is 2. The number of hydrogen-bond donors (Lipinski definition) is 2. The van der Waals surface area contributed by atoms with Crippen molar-refractivity contribution in [3.05, 3.63) is 35.9 Å². The van der Waals surface area contributed by atoms with Gasteiger partial charge in [-0.3, -0.25) is 4.79 Å². The van der Waals surface area contributed by atoms with E-state index in [1.165, 1.54) is 0 Å². The van der Waals surface area contributed by atoms with E-state index in [1.54, 1.807) is 4.90 Å². The van der Waals surface area contributed by atoms with Gasteiger partial charge in [0.05, 0.1) is 6.42 Å². The molecule has 0 aromatic heterocycles. The molecule has 1 aliphatic rings. The van der Waals surface area contributed by atoms with Crippen molar-refractivity contribution in [3.8, 4) is 0 Å². The highest BCUT2D eigenvalue weighted by molar-refractivity contribution is 5.84. The highest BCUT2D eigenvalue weighted by Crippen LogP contribution is 2.17. The molecule has 0 bridgehead atoms. The molecule has 19 heavy (non-hydrogen) atoms. The summed E-state index contributed by atoms with van der Waals surface area (Å²) >= 11 is 0. The molecule has 5 nitrogen and oxygen atoms in total. The van der Waals surface area contributed by atoms with Crippen LogP contribution in [0.25, 0.3) is 0 Å². The number of carbonyl (C=O) groups is 1. The first-order chi connectivity index (χ1) is 9.20. The van der Waals surface area contributed by atoms with E-state index >= 15 is 0 Å². The predicted molar refractivity (Wildman–Crippen MR) is 72.9 cm³/mol. The fourth-order valence-corrected chi connectivity index (χ4v) is 2.41. The molecule has 2 rings (SSSR count). The largest absolute Gasteiger partial charge is 0.409 e. The van der Waals surface area contributed by atoms with Crippen LogP contribution in [0, 0.1) is 5.92 Å². The van der Waals surface area contributed by atoms with Crippen LogP contribution in [0.15, 0.2) is 35.5 Å². The van der Waals surface area contributed by atoms with Gasteiger partial charge in [-0.25, -0.2) is 0 Å². The van der Waals surface area contributed by atoms with Gasteiger partial charge in [0.1, 0.15) is 5.84 Å². The van der Waals surface area contributed by atoms with E-state index in [-0.39, 0.29) is 17.7 Å². The summed E-state index contributed by atoms with van der Waals surface area (Å²) in [5.41, 5.74) is 6.64. The minimum Gasteiger partial charge on any atom is -0.409 e. The minimum atomic E-state index is -0.0292. The van der Waals surface area contributed by atoms with Gasteiger partial charge in [-0.1, -0.05) is 35.5 Å². The molecule has 102 valence electrons. The maximum absolute atomic E-state index is 12.2. The number of benzene rings is 1. The second-order valence-electron chi connectivity index (χ2n) is 4.87. The summed E-state index contributed by atoms with van der Waals surface area (Å²) in [5, 5.41) is 11.8. The summed E-state index contributed by atoms with van der Waals surface area (Å²) in [4.78, 5) is 14.0. The van der Waals surface area contributed by atoms with Crippen molar-refractivity contribution in [1.29, 1.82) is 0 Å². The number of oxime groups is 1. The molecule has 1 aromatic carbocycles. The topological polar surface area (TPSA) is 78.9 Å². The van der Waals surface area contributed by atoms with Gasteiger partial charge < -0.3 is 15.8 Å². The standard InChI is InChI=1S/C14H19N3O2/c15-14(16-19)12-7-4-8-17(10-12)13(18)9-11-5-2-1-3-6-11/h1-3,5-6,12,19H,4,7-10H2,(H2,15,16). The Morgan fingerprint density at radius 2 is 2.16 bits per heavy atom. The predicted octanol–water partition coefficient (Wildman–Crippen LogP) is 1.21. The lowest BCUT2D eigenvalue weighted by molar-refractivity contribution is -0.131. The average Bonchev–Trinajstić information content (AvgIpc) is 2.47. The molecule has 3 N–H and O–H groups in total. The lowest BCUT2D eigenvalue weighted by Crippen LogP contribution is -2.44. The molecular formula is C14H19N3O2. The number of carbonyl (C=O) groups excluding carboxylic acids is 1. The summed E-state index contributed by atoms with van der Waals surface area (Å²) in [7, 11) is 0. The number of hydrogen-bond acceptors (Lipinski definition) is 3. The van der Waals surface area contributed by atoms with Crippen molar-refractivity contribution in [2.45, 2.75) is 19.3 Å². The lowest BCUT2D eigenvalue weighted by Gasteiger charge is -2.32. The molecule has 1 unspecified atom stereocenters. The number of amides is 1. The minimum absolute atomic E-state index is 0.0292. The quantitative estimate of drug-likeness (QED) is 0.371. The fourth-order valence-electron chi connectivity index (χ4n) is 2.41. The first-order valence-electron chi connectivity index (χ1n) is 6.50. The van der Waals surface area contributed by atoms with E-state index in [2.05, 4.69) is 5.16 Å². The molecule has 1 saturated heterocycles. The van der Waals surface area contributed by atoms with Gasteiger partial charge in [0.2, 0.25) is 5.91 Å². The zero-order valence-electron chi connectivity index (χ0n) is 10.8. The highest BCUT2D eigenvalue weighted by Gasteiger charge is 2.26. The van der Waals surface area contributed by atoms with Gasteiger partial charge in [0.15, 0.2) is 0 Å². The second-order valence-corrected chi connectivity index (χ2v) is 4.87. The SMILES string of the molecule is NC(=NO)C1CCCN(C(=O)Cc2ccccc2)C1. The Bertz CT molecular complexity index is 459. The maximum atomic E-state index is 12.2. The molecule has 1 heterocycles. The summed E-state index contributed by atoms with van der Waals surface area (Å²) in [6.45, 7) is 1.29. The highest BCUT2D eigenvalue weighted by atomic mass is 16.4. The van der Waals surface area contributed by atoms with Crippen LogP contribution in [0.5, 0.6) is 0 Å². The van der Waals surface area contributed by atoms with E-state index in [1.807, 2.05) is 30.3 Å². The number of rotatable bonds is 3. The van der Waals surface area contributed by atoms with E-state index in [0.717, 1.165) is 24.9 Å². The van der Waals surface area contributed by atoms with E-state index in [9.17, 15) is 4.79 Å². The molecule has 0 radical (unpaired) electrons. The van der Waals surface area contributed by atoms with Crippen molar-refractivity contribution in [2.24, 2.45) is 16.8 Å². The van der Waals surface area contributed by atoms with E-state index in [4.69, 9.17) is 10.9 Å². The first-order valence-corrected chi connectivity index (χ1v) is 6.50. The van der Waals surface area contributed by atoms with E-state index < -0.39 is 0 Å².